The van der Waals surface area contributed by atoms with Gasteiger partial charge in [-0.1, -0.05) is 59.2 Å². The van der Waals surface area contributed by atoms with Gasteiger partial charge >= 0.3 is 0 Å². The highest BCUT2D eigenvalue weighted by atomic mass is 35.5. The van der Waals surface area contributed by atoms with E-state index in [-0.39, 0.29) is 11.5 Å². The zero-order chi connectivity index (χ0) is 27.4. The van der Waals surface area contributed by atoms with E-state index in [4.69, 9.17) is 32.9 Å². The standard InChI is InChI=1S/C29H28Cl2N4O3S/c1-38-26-10-5-4-9-25(26)33-14-16-34(17-15-33)27(36)11-6-18-39-29-32-23-8-3-2-7-21(23)28(37)35(29)24-13-12-20(30)19-22(24)31/h2-5,7-10,12-13,19H,6,11,14-18H2,1H3. The average molecular weight is 584 g/mol. The van der Waals surface area contributed by atoms with Crippen molar-refractivity contribution in [1.82, 2.24) is 14.5 Å². The van der Waals surface area contributed by atoms with Gasteiger partial charge in [0.15, 0.2) is 5.16 Å². The molecule has 0 atom stereocenters. The minimum Gasteiger partial charge on any atom is -0.495 e. The molecule has 0 saturated carbocycles. The normalized spacial score (nSPS) is 13.6. The summed E-state index contributed by atoms with van der Waals surface area (Å²) in [5, 5.41) is 1.89. The summed E-state index contributed by atoms with van der Waals surface area (Å²) in [5.74, 6) is 1.61. The molecular weight excluding hydrogens is 555 g/mol. The van der Waals surface area contributed by atoms with E-state index in [9.17, 15) is 9.59 Å². The quantitative estimate of drug-likeness (QED) is 0.146. The molecule has 7 nitrogen and oxygen atoms in total. The number of benzene rings is 3. The number of carbonyl (C=O) groups excluding carboxylic acids is 1. The molecule has 2 heterocycles. The molecule has 0 radical (unpaired) electrons. The molecule has 0 N–H and O–H groups in total. The third-order valence-electron chi connectivity index (χ3n) is 6.72. The predicted octanol–water partition coefficient (Wildman–Crippen LogP) is 5.92. The Hall–Kier alpha value is -3.20. The molecule has 0 spiro atoms. The average Bonchev–Trinajstić information content (AvgIpc) is 2.96. The summed E-state index contributed by atoms with van der Waals surface area (Å²) in [6.07, 6.45) is 1.09. The first-order valence-corrected chi connectivity index (χ1v) is 14.5. The molecule has 1 aromatic heterocycles. The van der Waals surface area contributed by atoms with Crippen LogP contribution in [0.3, 0.4) is 0 Å². The highest BCUT2D eigenvalue weighted by molar-refractivity contribution is 7.99. The zero-order valence-corrected chi connectivity index (χ0v) is 23.8. The van der Waals surface area contributed by atoms with E-state index in [1.807, 2.05) is 47.4 Å². The molecule has 1 amide bonds. The third-order valence-corrected chi connectivity index (χ3v) is 8.28. The van der Waals surface area contributed by atoms with Crippen molar-refractivity contribution in [3.05, 3.63) is 87.1 Å². The van der Waals surface area contributed by atoms with Gasteiger partial charge in [0.2, 0.25) is 5.91 Å². The van der Waals surface area contributed by atoms with Gasteiger partial charge in [-0.25, -0.2) is 4.98 Å². The van der Waals surface area contributed by atoms with E-state index in [0.29, 0.717) is 63.5 Å². The van der Waals surface area contributed by atoms with Crippen LogP contribution in [0.5, 0.6) is 5.75 Å². The smallest absolute Gasteiger partial charge is 0.266 e. The van der Waals surface area contributed by atoms with Crippen LogP contribution in [0.1, 0.15) is 12.8 Å². The van der Waals surface area contributed by atoms with Crippen LogP contribution in [0.15, 0.2) is 76.7 Å². The van der Waals surface area contributed by atoms with Gasteiger partial charge in [0.1, 0.15) is 5.75 Å². The Morgan fingerprint density at radius 1 is 0.974 bits per heavy atom. The fourth-order valence-corrected chi connectivity index (χ4v) is 6.15. The molecule has 10 heteroatoms. The van der Waals surface area contributed by atoms with Crippen molar-refractivity contribution in [2.75, 3.05) is 43.9 Å². The van der Waals surface area contributed by atoms with Crippen LogP contribution in [0.2, 0.25) is 10.0 Å². The number of amides is 1. The molecule has 0 bridgehead atoms. The van der Waals surface area contributed by atoms with Crippen LogP contribution in [-0.2, 0) is 4.79 Å². The number of nitrogens with zero attached hydrogens (tertiary/aromatic N) is 4. The summed E-state index contributed by atoms with van der Waals surface area (Å²) < 4.78 is 7.02. The summed E-state index contributed by atoms with van der Waals surface area (Å²) in [6, 6.07) is 20.2. The fourth-order valence-electron chi connectivity index (χ4n) is 4.72. The van der Waals surface area contributed by atoms with Gasteiger partial charge in [-0.05, 0) is 48.9 Å². The summed E-state index contributed by atoms with van der Waals surface area (Å²) in [4.78, 5) is 35.3. The van der Waals surface area contributed by atoms with Crippen LogP contribution in [0, 0.1) is 0 Å². The van der Waals surface area contributed by atoms with E-state index >= 15 is 0 Å². The lowest BCUT2D eigenvalue weighted by Crippen LogP contribution is -2.48. The number of para-hydroxylation sites is 3. The molecule has 3 aromatic carbocycles. The maximum absolute atomic E-state index is 13.4. The first-order chi connectivity index (χ1) is 19.0. The number of halogens is 2. The van der Waals surface area contributed by atoms with Crippen LogP contribution in [0.4, 0.5) is 5.69 Å². The van der Waals surface area contributed by atoms with Crippen molar-refractivity contribution in [3.63, 3.8) is 0 Å². The van der Waals surface area contributed by atoms with Crippen molar-refractivity contribution in [3.8, 4) is 11.4 Å². The number of hydrogen-bond acceptors (Lipinski definition) is 6. The van der Waals surface area contributed by atoms with Gasteiger partial charge in [-0.3, -0.25) is 14.2 Å². The molecular formula is C29H28Cl2N4O3S. The van der Waals surface area contributed by atoms with Crippen molar-refractivity contribution >= 4 is 57.5 Å². The molecule has 4 aromatic rings. The predicted molar refractivity (Wildman–Crippen MR) is 159 cm³/mol. The Bertz CT molecular complexity index is 1550. The van der Waals surface area contributed by atoms with Crippen molar-refractivity contribution in [2.24, 2.45) is 0 Å². The molecule has 0 aliphatic carbocycles. The minimum absolute atomic E-state index is 0.139. The molecule has 0 unspecified atom stereocenters. The number of hydrogen-bond donors (Lipinski definition) is 0. The Balaban J connectivity index is 1.23. The number of rotatable bonds is 8. The second-order valence-corrected chi connectivity index (χ2v) is 11.0. The second-order valence-electron chi connectivity index (χ2n) is 9.14. The van der Waals surface area contributed by atoms with E-state index < -0.39 is 0 Å². The highest BCUT2D eigenvalue weighted by Crippen LogP contribution is 2.30. The summed E-state index contributed by atoms with van der Waals surface area (Å²) >= 11 is 14.0. The molecule has 5 rings (SSSR count). The third kappa shape index (κ3) is 6.03. The summed E-state index contributed by atoms with van der Waals surface area (Å²) in [7, 11) is 1.67. The molecule has 39 heavy (non-hydrogen) atoms. The van der Waals surface area contributed by atoms with Gasteiger partial charge in [0.05, 0.1) is 34.4 Å². The number of aromatic nitrogens is 2. The largest absolute Gasteiger partial charge is 0.495 e. The fraction of sp³-hybridized carbons (Fsp3) is 0.276. The highest BCUT2D eigenvalue weighted by Gasteiger charge is 2.23. The Kier molecular flexibility index (Phi) is 8.65. The molecule has 1 aliphatic rings. The number of anilines is 1. The first-order valence-electron chi connectivity index (χ1n) is 12.7. The number of piperazine rings is 1. The minimum atomic E-state index is -0.198. The number of methoxy groups -OCH3 is 1. The van der Waals surface area contributed by atoms with Gasteiger partial charge in [-0.2, -0.15) is 0 Å². The summed E-state index contributed by atoms with van der Waals surface area (Å²) in [5.41, 5.74) is 2.00. The van der Waals surface area contributed by atoms with E-state index in [0.717, 1.165) is 24.5 Å². The van der Waals surface area contributed by atoms with Crippen molar-refractivity contribution in [2.45, 2.75) is 18.0 Å². The SMILES string of the molecule is COc1ccccc1N1CCN(C(=O)CCCSc2nc3ccccc3c(=O)n2-c2ccc(Cl)cc2Cl)CC1. The second kappa shape index (κ2) is 12.3. The van der Waals surface area contributed by atoms with Gasteiger partial charge in [0.25, 0.3) is 5.56 Å². The molecule has 1 fully saturated rings. The lowest BCUT2D eigenvalue weighted by molar-refractivity contribution is -0.131. The van der Waals surface area contributed by atoms with E-state index in [2.05, 4.69) is 4.90 Å². The summed E-state index contributed by atoms with van der Waals surface area (Å²) in [6.45, 7) is 2.86. The molecule has 1 aliphatic heterocycles. The lowest BCUT2D eigenvalue weighted by atomic mass is 10.2. The number of fused-ring (bicyclic) bond motifs is 1. The number of ether oxygens (including phenoxy) is 1. The molecule has 202 valence electrons. The van der Waals surface area contributed by atoms with Gasteiger partial charge in [0, 0.05) is 43.4 Å². The topological polar surface area (TPSA) is 67.7 Å². The number of carbonyl (C=O) groups is 1. The number of thioether (sulfide) groups is 1. The van der Waals surface area contributed by atoms with Crippen molar-refractivity contribution < 1.29 is 9.53 Å². The van der Waals surface area contributed by atoms with E-state index in [1.54, 1.807) is 31.4 Å². The maximum atomic E-state index is 13.4. The van der Waals surface area contributed by atoms with Crippen molar-refractivity contribution in [1.29, 1.82) is 0 Å². The van der Waals surface area contributed by atoms with Gasteiger partial charge in [-0.15, -0.1) is 0 Å². The van der Waals surface area contributed by atoms with Crippen LogP contribution >= 0.6 is 35.0 Å². The van der Waals surface area contributed by atoms with Crippen LogP contribution in [0.25, 0.3) is 16.6 Å². The van der Waals surface area contributed by atoms with Crippen LogP contribution in [-0.4, -0.2) is 59.4 Å². The Morgan fingerprint density at radius 3 is 2.49 bits per heavy atom. The maximum Gasteiger partial charge on any atom is 0.266 e. The van der Waals surface area contributed by atoms with Crippen LogP contribution < -0.4 is 15.2 Å². The lowest BCUT2D eigenvalue weighted by Gasteiger charge is -2.36. The van der Waals surface area contributed by atoms with E-state index in [1.165, 1.54) is 16.3 Å². The molecule has 1 saturated heterocycles. The Morgan fingerprint density at radius 2 is 1.72 bits per heavy atom. The first kappa shape index (κ1) is 27.4. The monoisotopic (exact) mass is 582 g/mol. The van der Waals surface area contributed by atoms with Gasteiger partial charge < -0.3 is 14.5 Å². The zero-order valence-electron chi connectivity index (χ0n) is 21.5. The Labute approximate surface area is 241 Å².